The van der Waals surface area contributed by atoms with Crippen LogP contribution in [0.3, 0.4) is 0 Å². The summed E-state index contributed by atoms with van der Waals surface area (Å²) in [6.07, 6.45) is 1.30. The van der Waals surface area contributed by atoms with Gasteiger partial charge in [-0.05, 0) is 18.2 Å². The predicted octanol–water partition coefficient (Wildman–Crippen LogP) is 2.19. The molecule has 0 N–H and O–H groups in total. The summed E-state index contributed by atoms with van der Waals surface area (Å²) in [5.74, 6) is 1.69. The molecule has 2 heterocycles. The molecule has 0 radical (unpaired) electrons. The van der Waals surface area contributed by atoms with Gasteiger partial charge in [0.05, 0.1) is 18.5 Å². The Balaban J connectivity index is 1.89. The van der Waals surface area contributed by atoms with Crippen molar-refractivity contribution in [2.24, 2.45) is 0 Å². The van der Waals surface area contributed by atoms with Crippen molar-refractivity contribution in [3.05, 3.63) is 48.3 Å². The molecular weight excluding hydrogens is 260 g/mol. The van der Waals surface area contributed by atoms with Gasteiger partial charge in [0.2, 0.25) is 5.78 Å². The van der Waals surface area contributed by atoms with E-state index in [1.807, 2.05) is 30.3 Å². The van der Waals surface area contributed by atoms with Gasteiger partial charge in [0.1, 0.15) is 11.8 Å². The average Bonchev–Trinajstić information content (AvgIpc) is 2.98. The van der Waals surface area contributed by atoms with Crippen molar-refractivity contribution in [3.8, 4) is 5.69 Å². The van der Waals surface area contributed by atoms with E-state index in [0.29, 0.717) is 12.3 Å². The SMILES string of the molecule is O=C(c1ccnn1-c1ccccc1)C1CSCCO1. The Morgan fingerprint density at radius 3 is 2.89 bits per heavy atom. The molecule has 1 aliphatic heterocycles. The molecule has 1 aliphatic rings. The maximum Gasteiger partial charge on any atom is 0.210 e. The molecule has 1 aromatic carbocycles. The van der Waals surface area contributed by atoms with Gasteiger partial charge in [0, 0.05) is 11.5 Å². The summed E-state index contributed by atoms with van der Waals surface area (Å²) in [7, 11) is 0. The Kier molecular flexibility index (Phi) is 3.66. The van der Waals surface area contributed by atoms with Gasteiger partial charge in [-0.1, -0.05) is 18.2 Å². The first kappa shape index (κ1) is 12.4. The Morgan fingerprint density at radius 1 is 1.32 bits per heavy atom. The zero-order valence-electron chi connectivity index (χ0n) is 10.4. The lowest BCUT2D eigenvalue weighted by Gasteiger charge is -2.21. The van der Waals surface area contributed by atoms with E-state index < -0.39 is 0 Å². The quantitative estimate of drug-likeness (QED) is 0.805. The summed E-state index contributed by atoms with van der Waals surface area (Å²) < 4.78 is 7.21. The fourth-order valence-electron chi connectivity index (χ4n) is 2.07. The van der Waals surface area contributed by atoms with Crippen molar-refractivity contribution in [1.29, 1.82) is 0 Å². The molecular formula is C14H14N2O2S. The van der Waals surface area contributed by atoms with Crippen LogP contribution in [0.5, 0.6) is 0 Å². The van der Waals surface area contributed by atoms with E-state index in [4.69, 9.17) is 4.74 Å². The maximum atomic E-state index is 12.5. The van der Waals surface area contributed by atoms with Gasteiger partial charge in [-0.15, -0.1) is 0 Å². The van der Waals surface area contributed by atoms with Gasteiger partial charge in [-0.2, -0.15) is 16.9 Å². The minimum Gasteiger partial charge on any atom is -0.368 e. The number of ether oxygens (including phenoxy) is 1. The second-order valence-corrected chi connectivity index (χ2v) is 5.41. The Bertz CT molecular complexity index is 562. The summed E-state index contributed by atoms with van der Waals surface area (Å²) in [5, 5.41) is 4.24. The summed E-state index contributed by atoms with van der Waals surface area (Å²) in [6.45, 7) is 0.639. The zero-order valence-corrected chi connectivity index (χ0v) is 11.2. The van der Waals surface area contributed by atoms with Crippen LogP contribution in [0.4, 0.5) is 0 Å². The predicted molar refractivity (Wildman–Crippen MR) is 75.0 cm³/mol. The summed E-state index contributed by atoms with van der Waals surface area (Å²) in [5.41, 5.74) is 1.47. The van der Waals surface area contributed by atoms with Crippen molar-refractivity contribution in [3.63, 3.8) is 0 Å². The number of thioether (sulfide) groups is 1. The van der Waals surface area contributed by atoms with E-state index in [1.165, 1.54) is 0 Å². The molecule has 0 spiro atoms. The third kappa shape index (κ3) is 2.57. The molecule has 1 aromatic heterocycles. The second-order valence-electron chi connectivity index (χ2n) is 4.26. The van der Waals surface area contributed by atoms with Crippen LogP contribution in [0.1, 0.15) is 10.5 Å². The van der Waals surface area contributed by atoms with Crippen LogP contribution in [0.15, 0.2) is 42.6 Å². The fraction of sp³-hybridized carbons (Fsp3) is 0.286. The molecule has 0 aliphatic carbocycles. The molecule has 4 nitrogen and oxygen atoms in total. The molecule has 1 unspecified atom stereocenters. The lowest BCUT2D eigenvalue weighted by Crippen LogP contribution is -2.32. The first-order valence-electron chi connectivity index (χ1n) is 6.19. The Morgan fingerprint density at radius 2 is 2.16 bits per heavy atom. The van der Waals surface area contributed by atoms with Crippen molar-refractivity contribution in [2.75, 3.05) is 18.1 Å². The molecule has 98 valence electrons. The van der Waals surface area contributed by atoms with Crippen LogP contribution in [0.25, 0.3) is 5.69 Å². The number of hydrogen-bond acceptors (Lipinski definition) is 4. The number of carbonyl (C=O) groups excluding carboxylic acids is 1. The van der Waals surface area contributed by atoms with E-state index in [0.717, 1.165) is 17.2 Å². The molecule has 0 saturated carbocycles. The first-order chi connectivity index (χ1) is 9.36. The summed E-state index contributed by atoms with van der Waals surface area (Å²) in [6, 6.07) is 11.4. The topological polar surface area (TPSA) is 44.1 Å². The minimum absolute atomic E-state index is 0.00792. The third-order valence-corrected chi connectivity index (χ3v) is 4.00. The molecule has 1 atom stereocenters. The van der Waals surface area contributed by atoms with Gasteiger partial charge in [0.25, 0.3) is 0 Å². The number of para-hydroxylation sites is 1. The Labute approximate surface area is 115 Å². The number of carbonyl (C=O) groups is 1. The van der Waals surface area contributed by atoms with Crippen LogP contribution in [-0.4, -0.2) is 39.8 Å². The highest BCUT2D eigenvalue weighted by molar-refractivity contribution is 7.99. The molecule has 2 aromatic rings. The van der Waals surface area contributed by atoms with Gasteiger partial charge < -0.3 is 4.74 Å². The van der Waals surface area contributed by atoms with E-state index >= 15 is 0 Å². The summed E-state index contributed by atoms with van der Waals surface area (Å²) >= 11 is 1.75. The minimum atomic E-state index is -0.349. The van der Waals surface area contributed by atoms with Gasteiger partial charge in [0.15, 0.2) is 0 Å². The fourth-order valence-corrected chi connectivity index (χ4v) is 2.91. The lowest BCUT2D eigenvalue weighted by atomic mass is 10.2. The van der Waals surface area contributed by atoms with Crippen LogP contribution in [0.2, 0.25) is 0 Å². The second kappa shape index (κ2) is 5.59. The Hall–Kier alpha value is -1.59. The normalized spacial score (nSPS) is 19.3. The first-order valence-corrected chi connectivity index (χ1v) is 7.35. The molecule has 1 saturated heterocycles. The number of nitrogens with zero attached hydrogens (tertiary/aromatic N) is 2. The molecule has 1 fully saturated rings. The summed E-state index contributed by atoms with van der Waals surface area (Å²) in [4.78, 5) is 12.5. The van der Waals surface area contributed by atoms with E-state index in [-0.39, 0.29) is 11.9 Å². The molecule has 0 bridgehead atoms. The highest BCUT2D eigenvalue weighted by atomic mass is 32.2. The third-order valence-electron chi connectivity index (χ3n) is 3.00. The highest BCUT2D eigenvalue weighted by Crippen LogP contribution is 2.18. The number of hydrogen-bond donors (Lipinski definition) is 0. The molecule has 5 heteroatoms. The van der Waals surface area contributed by atoms with Crippen molar-refractivity contribution in [1.82, 2.24) is 9.78 Å². The number of benzene rings is 1. The number of aromatic nitrogens is 2. The highest BCUT2D eigenvalue weighted by Gasteiger charge is 2.26. The monoisotopic (exact) mass is 274 g/mol. The number of rotatable bonds is 3. The van der Waals surface area contributed by atoms with Gasteiger partial charge in [-0.3, -0.25) is 4.79 Å². The van der Waals surface area contributed by atoms with Gasteiger partial charge in [-0.25, -0.2) is 4.68 Å². The van der Waals surface area contributed by atoms with Crippen LogP contribution in [-0.2, 0) is 4.74 Å². The van der Waals surface area contributed by atoms with Crippen LogP contribution >= 0.6 is 11.8 Å². The number of Topliss-reactive ketones (excluding diaryl/α,β-unsaturated/α-hetero) is 1. The van der Waals surface area contributed by atoms with Crippen LogP contribution in [0, 0.1) is 0 Å². The molecule has 0 amide bonds. The lowest BCUT2D eigenvalue weighted by molar-refractivity contribution is 0.0511. The smallest absolute Gasteiger partial charge is 0.210 e. The largest absolute Gasteiger partial charge is 0.368 e. The average molecular weight is 274 g/mol. The standard InChI is InChI=1S/C14H14N2O2S/c17-14(13-10-19-9-8-18-13)12-6-7-15-16(12)11-4-2-1-3-5-11/h1-7,13H,8-10H2. The zero-order chi connectivity index (χ0) is 13.1. The molecule has 19 heavy (non-hydrogen) atoms. The van der Waals surface area contributed by atoms with Crippen molar-refractivity contribution < 1.29 is 9.53 Å². The molecule has 3 rings (SSSR count). The van der Waals surface area contributed by atoms with E-state index in [2.05, 4.69) is 5.10 Å². The van der Waals surface area contributed by atoms with Crippen LogP contribution < -0.4 is 0 Å². The van der Waals surface area contributed by atoms with E-state index in [1.54, 1.807) is 28.7 Å². The van der Waals surface area contributed by atoms with Crippen molar-refractivity contribution >= 4 is 17.5 Å². The van der Waals surface area contributed by atoms with Gasteiger partial charge >= 0.3 is 0 Å². The van der Waals surface area contributed by atoms with Crippen molar-refractivity contribution in [2.45, 2.75) is 6.10 Å². The number of ketones is 1. The van der Waals surface area contributed by atoms with E-state index in [9.17, 15) is 4.79 Å². The maximum absolute atomic E-state index is 12.5.